The van der Waals surface area contributed by atoms with Crippen molar-refractivity contribution in [1.29, 1.82) is 0 Å². The molecule has 3 rings (SSSR count). The maximum atomic E-state index is 5.66. The van der Waals surface area contributed by atoms with E-state index in [9.17, 15) is 0 Å². The quantitative estimate of drug-likeness (QED) is 0.738. The van der Waals surface area contributed by atoms with Crippen LogP contribution in [0.15, 0.2) is 36.5 Å². The molecule has 0 aliphatic rings. The van der Waals surface area contributed by atoms with Gasteiger partial charge >= 0.3 is 0 Å². The van der Waals surface area contributed by atoms with Gasteiger partial charge in [-0.3, -0.25) is 4.57 Å². The van der Waals surface area contributed by atoms with E-state index in [2.05, 4.69) is 9.97 Å². The molecule has 0 unspecified atom stereocenters. The summed E-state index contributed by atoms with van der Waals surface area (Å²) in [6, 6.07) is 9.92. The van der Waals surface area contributed by atoms with E-state index in [1.54, 1.807) is 0 Å². The third-order valence-corrected chi connectivity index (χ3v) is 3.41. The van der Waals surface area contributed by atoms with Gasteiger partial charge in [0.1, 0.15) is 5.75 Å². The summed E-state index contributed by atoms with van der Waals surface area (Å²) in [7, 11) is 0. The highest BCUT2D eigenvalue weighted by Gasteiger charge is 2.08. The van der Waals surface area contributed by atoms with Gasteiger partial charge in [-0.05, 0) is 68.9 Å². The first-order chi connectivity index (χ1) is 10.0. The summed E-state index contributed by atoms with van der Waals surface area (Å²) in [4.78, 5) is 7.68. The Kier molecular flexibility index (Phi) is 3.51. The van der Waals surface area contributed by atoms with E-state index < -0.39 is 0 Å². The molecule has 1 N–H and O–H groups in total. The third-order valence-electron chi connectivity index (χ3n) is 3.13. The van der Waals surface area contributed by atoms with Crippen molar-refractivity contribution in [2.45, 2.75) is 26.9 Å². The molecule has 0 amide bonds. The minimum absolute atomic E-state index is 0.163. The standard InChI is InChI=1S/C16H17N3OS/c1-10(2)20-13-6-4-12(5-7-13)19-15-14(18-16(19)21)8-11(3)9-17-15/h4-10H,1-3H3,(H,18,21). The number of imidazole rings is 1. The average molecular weight is 299 g/mol. The molecule has 0 saturated carbocycles. The summed E-state index contributed by atoms with van der Waals surface area (Å²) in [5.41, 5.74) is 3.86. The van der Waals surface area contributed by atoms with Crippen molar-refractivity contribution in [3.05, 3.63) is 46.9 Å². The molecule has 0 radical (unpaired) electrons. The van der Waals surface area contributed by atoms with Gasteiger partial charge in [-0.1, -0.05) is 0 Å². The molecule has 108 valence electrons. The van der Waals surface area contributed by atoms with Crippen LogP contribution in [0.1, 0.15) is 19.4 Å². The largest absolute Gasteiger partial charge is 0.491 e. The van der Waals surface area contributed by atoms with Crippen molar-refractivity contribution in [3.8, 4) is 11.4 Å². The zero-order valence-electron chi connectivity index (χ0n) is 12.3. The molecule has 0 bridgehead atoms. The van der Waals surface area contributed by atoms with Crippen LogP contribution in [0.25, 0.3) is 16.9 Å². The lowest BCUT2D eigenvalue weighted by Gasteiger charge is -2.10. The minimum Gasteiger partial charge on any atom is -0.491 e. The van der Waals surface area contributed by atoms with Crippen molar-refractivity contribution in [3.63, 3.8) is 0 Å². The summed E-state index contributed by atoms with van der Waals surface area (Å²) in [5, 5.41) is 0. The highest BCUT2D eigenvalue weighted by atomic mass is 32.1. The van der Waals surface area contributed by atoms with E-state index in [0.717, 1.165) is 28.2 Å². The van der Waals surface area contributed by atoms with Crippen molar-refractivity contribution < 1.29 is 4.74 Å². The van der Waals surface area contributed by atoms with E-state index in [4.69, 9.17) is 17.0 Å². The highest BCUT2D eigenvalue weighted by molar-refractivity contribution is 7.71. The predicted molar refractivity (Wildman–Crippen MR) is 86.8 cm³/mol. The van der Waals surface area contributed by atoms with Crippen molar-refractivity contribution >= 4 is 23.4 Å². The lowest BCUT2D eigenvalue weighted by atomic mass is 10.3. The van der Waals surface area contributed by atoms with Crippen molar-refractivity contribution in [1.82, 2.24) is 14.5 Å². The molecule has 0 atom stereocenters. The monoisotopic (exact) mass is 299 g/mol. The Labute approximate surface area is 128 Å². The number of aromatic amines is 1. The van der Waals surface area contributed by atoms with E-state index in [1.807, 2.05) is 61.9 Å². The summed E-state index contributed by atoms with van der Waals surface area (Å²) < 4.78 is 8.23. The van der Waals surface area contributed by atoms with Crippen molar-refractivity contribution in [2.24, 2.45) is 0 Å². The Morgan fingerprint density at radius 3 is 2.62 bits per heavy atom. The fraction of sp³-hybridized carbons (Fsp3) is 0.250. The number of rotatable bonds is 3. The zero-order chi connectivity index (χ0) is 15.0. The number of aromatic nitrogens is 3. The third kappa shape index (κ3) is 2.69. The summed E-state index contributed by atoms with van der Waals surface area (Å²) in [5.74, 6) is 0.851. The number of H-pyrrole nitrogens is 1. The molecule has 2 heterocycles. The van der Waals surface area contributed by atoms with Crippen LogP contribution in [0.3, 0.4) is 0 Å². The first-order valence-corrected chi connectivity index (χ1v) is 7.30. The first kappa shape index (κ1) is 13.8. The molecule has 21 heavy (non-hydrogen) atoms. The molecular formula is C16H17N3OS. The maximum absolute atomic E-state index is 5.66. The molecule has 0 saturated heterocycles. The molecule has 0 aliphatic carbocycles. The zero-order valence-corrected chi connectivity index (χ0v) is 13.1. The molecule has 0 aliphatic heterocycles. The minimum atomic E-state index is 0.163. The van der Waals surface area contributed by atoms with Gasteiger partial charge in [0, 0.05) is 6.20 Å². The van der Waals surface area contributed by atoms with Crippen LogP contribution in [0, 0.1) is 11.7 Å². The number of nitrogens with one attached hydrogen (secondary N) is 1. The number of pyridine rings is 1. The Morgan fingerprint density at radius 1 is 1.24 bits per heavy atom. The molecule has 3 aromatic rings. The van der Waals surface area contributed by atoms with Crippen LogP contribution < -0.4 is 4.74 Å². The van der Waals surface area contributed by atoms with Crippen LogP contribution in [0.2, 0.25) is 0 Å². The van der Waals surface area contributed by atoms with Crippen LogP contribution in [0.5, 0.6) is 5.75 Å². The van der Waals surface area contributed by atoms with Crippen LogP contribution in [-0.4, -0.2) is 20.6 Å². The van der Waals surface area contributed by atoms with Gasteiger partial charge < -0.3 is 9.72 Å². The van der Waals surface area contributed by atoms with Crippen molar-refractivity contribution in [2.75, 3.05) is 0 Å². The fourth-order valence-corrected chi connectivity index (χ4v) is 2.59. The summed E-state index contributed by atoms with van der Waals surface area (Å²) in [6.45, 7) is 6.03. The van der Waals surface area contributed by atoms with Gasteiger partial charge in [0.05, 0.1) is 17.3 Å². The van der Waals surface area contributed by atoms with Crippen LogP contribution in [-0.2, 0) is 0 Å². The number of nitrogens with zero attached hydrogens (tertiary/aromatic N) is 2. The van der Waals surface area contributed by atoms with E-state index in [-0.39, 0.29) is 6.10 Å². The van der Waals surface area contributed by atoms with Gasteiger partial charge in [-0.2, -0.15) is 0 Å². The number of aryl methyl sites for hydroxylation is 1. The highest BCUT2D eigenvalue weighted by Crippen LogP contribution is 2.21. The molecule has 5 heteroatoms. The SMILES string of the molecule is Cc1cnc2c(c1)[nH]c(=S)n2-c1ccc(OC(C)C)cc1. The molecular weight excluding hydrogens is 282 g/mol. The molecule has 1 aromatic carbocycles. The van der Waals surface area contributed by atoms with Gasteiger partial charge in [-0.25, -0.2) is 4.98 Å². The Bertz CT molecular complexity index is 831. The smallest absolute Gasteiger partial charge is 0.183 e. The maximum Gasteiger partial charge on any atom is 0.183 e. The second-order valence-corrected chi connectivity index (χ2v) is 5.70. The molecule has 4 nitrogen and oxygen atoms in total. The fourth-order valence-electron chi connectivity index (χ4n) is 2.28. The topological polar surface area (TPSA) is 42.8 Å². The van der Waals surface area contributed by atoms with Gasteiger partial charge in [-0.15, -0.1) is 0 Å². The molecule has 2 aromatic heterocycles. The predicted octanol–water partition coefficient (Wildman–Crippen LogP) is 4.18. The normalized spacial score (nSPS) is 11.2. The van der Waals surface area contributed by atoms with Gasteiger partial charge in [0.15, 0.2) is 10.4 Å². The number of hydrogen-bond donors (Lipinski definition) is 1. The molecule has 0 spiro atoms. The summed E-state index contributed by atoms with van der Waals surface area (Å²) in [6.07, 6.45) is 2.01. The average Bonchev–Trinajstić information content (AvgIpc) is 2.74. The number of benzene rings is 1. The second-order valence-electron chi connectivity index (χ2n) is 5.31. The van der Waals surface area contributed by atoms with Gasteiger partial charge in [0.25, 0.3) is 0 Å². The first-order valence-electron chi connectivity index (χ1n) is 6.89. The number of fused-ring (bicyclic) bond motifs is 1. The van der Waals surface area contributed by atoms with E-state index >= 15 is 0 Å². The van der Waals surface area contributed by atoms with Crippen LogP contribution in [0.4, 0.5) is 0 Å². The molecule has 0 fully saturated rings. The Balaban J connectivity index is 2.08. The second kappa shape index (κ2) is 5.33. The van der Waals surface area contributed by atoms with E-state index in [0.29, 0.717) is 4.77 Å². The van der Waals surface area contributed by atoms with Gasteiger partial charge in [0.2, 0.25) is 0 Å². The Hall–Kier alpha value is -2.14. The Morgan fingerprint density at radius 2 is 1.95 bits per heavy atom. The van der Waals surface area contributed by atoms with Crippen LogP contribution >= 0.6 is 12.2 Å². The lowest BCUT2D eigenvalue weighted by molar-refractivity contribution is 0.242. The number of ether oxygens (including phenoxy) is 1. The number of hydrogen-bond acceptors (Lipinski definition) is 3. The lowest BCUT2D eigenvalue weighted by Crippen LogP contribution is -2.05. The van der Waals surface area contributed by atoms with E-state index in [1.165, 1.54) is 0 Å². The summed E-state index contributed by atoms with van der Waals surface area (Å²) >= 11 is 5.42.